The van der Waals surface area contributed by atoms with Gasteiger partial charge in [0.05, 0.1) is 11.0 Å². The zero-order valence-electron chi connectivity index (χ0n) is 11.4. The van der Waals surface area contributed by atoms with Crippen LogP contribution in [-0.2, 0) is 7.05 Å². The number of Topliss-reactive ketones (excluding diaryl/α,β-unsaturated/α-hetero) is 1. The summed E-state index contributed by atoms with van der Waals surface area (Å²) in [4.78, 5) is 16.8. The second kappa shape index (κ2) is 4.78. The molecule has 100 valence electrons. The lowest BCUT2D eigenvalue weighted by Gasteiger charge is -2.07. The van der Waals surface area contributed by atoms with Crippen molar-refractivity contribution >= 4 is 16.8 Å². The van der Waals surface area contributed by atoms with Crippen LogP contribution in [0.3, 0.4) is 0 Å². The molecular formula is C15H19N3O. The Bertz CT molecular complexity index is 624. The van der Waals surface area contributed by atoms with E-state index in [-0.39, 0.29) is 5.78 Å². The largest absolute Gasteiger partial charge is 0.331 e. The van der Waals surface area contributed by atoms with Gasteiger partial charge < -0.3 is 9.88 Å². The van der Waals surface area contributed by atoms with E-state index in [1.807, 2.05) is 36.7 Å². The number of hydrogen-bond donors (Lipinski definition) is 1. The van der Waals surface area contributed by atoms with Gasteiger partial charge >= 0.3 is 0 Å². The second-order valence-electron chi connectivity index (χ2n) is 5.41. The minimum atomic E-state index is 0.235. The van der Waals surface area contributed by atoms with Crippen molar-refractivity contribution < 1.29 is 4.79 Å². The van der Waals surface area contributed by atoms with Crippen molar-refractivity contribution in [2.45, 2.75) is 19.8 Å². The molecule has 1 N–H and O–H groups in total. The molecule has 0 saturated carbocycles. The Morgan fingerprint density at radius 1 is 1.53 bits per heavy atom. The molecule has 2 aromatic rings. The predicted octanol–water partition coefficient (Wildman–Crippen LogP) is 2.06. The zero-order chi connectivity index (χ0) is 13.4. The van der Waals surface area contributed by atoms with E-state index in [0.717, 1.165) is 41.9 Å². The van der Waals surface area contributed by atoms with Crippen LogP contribution in [0.1, 0.15) is 29.0 Å². The number of nitrogens with zero attached hydrogens (tertiary/aromatic N) is 2. The normalized spacial score (nSPS) is 19.2. The summed E-state index contributed by atoms with van der Waals surface area (Å²) in [6.07, 6.45) is 1.75. The summed E-state index contributed by atoms with van der Waals surface area (Å²) in [5.41, 5.74) is 2.78. The number of hydrogen-bond acceptors (Lipinski definition) is 3. The van der Waals surface area contributed by atoms with Crippen LogP contribution in [0.2, 0.25) is 0 Å². The molecule has 2 heterocycles. The molecule has 1 fully saturated rings. The monoisotopic (exact) mass is 257 g/mol. The standard InChI is InChI=1S/C15H19N3O/c1-10-17-13-8-12(3-4-14(13)18(10)2)15(19)7-11-5-6-16-9-11/h3-4,8,11,16H,5-7,9H2,1-2H3. The predicted molar refractivity (Wildman–Crippen MR) is 75.4 cm³/mol. The Morgan fingerprint density at radius 2 is 2.37 bits per heavy atom. The summed E-state index contributed by atoms with van der Waals surface area (Å²) in [6.45, 7) is 3.98. The van der Waals surface area contributed by atoms with Gasteiger partial charge in [-0.1, -0.05) is 0 Å². The SMILES string of the molecule is Cc1nc2cc(C(=O)CC3CCNC3)ccc2n1C. The maximum absolute atomic E-state index is 12.3. The Hall–Kier alpha value is -1.68. The molecule has 4 nitrogen and oxygen atoms in total. The fourth-order valence-electron chi connectivity index (χ4n) is 2.76. The number of rotatable bonds is 3. The number of aromatic nitrogens is 2. The second-order valence-corrected chi connectivity index (χ2v) is 5.41. The number of ketones is 1. The van der Waals surface area contributed by atoms with Gasteiger partial charge in [0.2, 0.25) is 0 Å². The van der Waals surface area contributed by atoms with Crippen LogP contribution in [-0.4, -0.2) is 28.4 Å². The first-order valence-electron chi connectivity index (χ1n) is 6.82. The van der Waals surface area contributed by atoms with E-state index >= 15 is 0 Å². The highest BCUT2D eigenvalue weighted by Gasteiger charge is 2.19. The third-order valence-corrected chi connectivity index (χ3v) is 4.06. The van der Waals surface area contributed by atoms with Gasteiger partial charge in [-0.15, -0.1) is 0 Å². The number of imidazole rings is 1. The fourth-order valence-corrected chi connectivity index (χ4v) is 2.76. The lowest BCUT2D eigenvalue weighted by Crippen LogP contribution is -2.12. The van der Waals surface area contributed by atoms with Crippen molar-refractivity contribution in [1.29, 1.82) is 0 Å². The molecule has 0 bridgehead atoms. The molecule has 1 aliphatic rings. The van der Waals surface area contributed by atoms with Gasteiger partial charge in [-0.3, -0.25) is 4.79 Å². The van der Waals surface area contributed by atoms with Gasteiger partial charge in [-0.25, -0.2) is 4.98 Å². The number of aryl methyl sites for hydroxylation is 2. The summed E-state index contributed by atoms with van der Waals surface area (Å²) in [6, 6.07) is 5.84. The van der Waals surface area contributed by atoms with Crippen molar-refractivity contribution in [3.05, 3.63) is 29.6 Å². The highest BCUT2D eigenvalue weighted by molar-refractivity contribution is 5.99. The summed E-state index contributed by atoms with van der Waals surface area (Å²) < 4.78 is 2.05. The van der Waals surface area contributed by atoms with Crippen LogP contribution >= 0.6 is 0 Å². The molecule has 0 radical (unpaired) electrons. The molecule has 1 aromatic carbocycles. The molecule has 1 aliphatic heterocycles. The molecule has 3 rings (SSSR count). The van der Waals surface area contributed by atoms with Gasteiger partial charge in [0.15, 0.2) is 5.78 Å². The van der Waals surface area contributed by atoms with Crippen LogP contribution in [0.4, 0.5) is 0 Å². The number of carbonyl (C=O) groups is 1. The van der Waals surface area contributed by atoms with Gasteiger partial charge in [0, 0.05) is 19.0 Å². The quantitative estimate of drug-likeness (QED) is 0.856. The average Bonchev–Trinajstić information content (AvgIpc) is 2.99. The van der Waals surface area contributed by atoms with E-state index in [9.17, 15) is 4.79 Å². The first-order valence-corrected chi connectivity index (χ1v) is 6.82. The molecule has 1 saturated heterocycles. The Labute approximate surface area is 112 Å². The molecule has 19 heavy (non-hydrogen) atoms. The lowest BCUT2D eigenvalue weighted by atomic mass is 9.97. The van der Waals surface area contributed by atoms with E-state index in [1.54, 1.807) is 0 Å². The maximum Gasteiger partial charge on any atom is 0.163 e. The summed E-state index contributed by atoms with van der Waals surface area (Å²) in [7, 11) is 2.00. The molecule has 1 unspecified atom stereocenters. The first-order chi connectivity index (χ1) is 9.15. The highest BCUT2D eigenvalue weighted by atomic mass is 16.1. The molecule has 0 spiro atoms. The van der Waals surface area contributed by atoms with Crippen molar-refractivity contribution in [2.24, 2.45) is 13.0 Å². The van der Waals surface area contributed by atoms with Gasteiger partial charge in [0.25, 0.3) is 0 Å². The fraction of sp³-hybridized carbons (Fsp3) is 0.467. The summed E-state index contributed by atoms with van der Waals surface area (Å²) in [5, 5.41) is 3.30. The van der Waals surface area contributed by atoms with E-state index in [0.29, 0.717) is 12.3 Å². The third kappa shape index (κ3) is 2.28. The molecule has 1 aromatic heterocycles. The molecule has 0 aliphatic carbocycles. The first kappa shape index (κ1) is 12.4. The summed E-state index contributed by atoms with van der Waals surface area (Å²) >= 11 is 0. The average molecular weight is 257 g/mol. The van der Waals surface area contributed by atoms with E-state index < -0.39 is 0 Å². The number of carbonyl (C=O) groups excluding carboxylic acids is 1. The van der Waals surface area contributed by atoms with Crippen molar-refractivity contribution in [3.63, 3.8) is 0 Å². The van der Waals surface area contributed by atoms with Gasteiger partial charge in [-0.2, -0.15) is 0 Å². The van der Waals surface area contributed by atoms with E-state index in [4.69, 9.17) is 0 Å². The van der Waals surface area contributed by atoms with Crippen molar-refractivity contribution in [3.8, 4) is 0 Å². The molecule has 1 atom stereocenters. The van der Waals surface area contributed by atoms with Gasteiger partial charge in [0.1, 0.15) is 5.82 Å². The minimum absolute atomic E-state index is 0.235. The van der Waals surface area contributed by atoms with Crippen LogP contribution < -0.4 is 5.32 Å². The van der Waals surface area contributed by atoms with Gasteiger partial charge in [-0.05, 0) is 50.6 Å². The lowest BCUT2D eigenvalue weighted by molar-refractivity contribution is 0.0964. The molecule has 0 amide bonds. The maximum atomic E-state index is 12.3. The molecule has 4 heteroatoms. The Morgan fingerprint density at radius 3 is 3.11 bits per heavy atom. The van der Waals surface area contributed by atoms with Crippen molar-refractivity contribution in [2.75, 3.05) is 13.1 Å². The Kier molecular flexibility index (Phi) is 3.11. The van der Waals surface area contributed by atoms with Crippen molar-refractivity contribution in [1.82, 2.24) is 14.9 Å². The van der Waals surface area contributed by atoms with Crippen LogP contribution in [0.5, 0.6) is 0 Å². The summed E-state index contributed by atoms with van der Waals surface area (Å²) in [5.74, 6) is 1.70. The van der Waals surface area contributed by atoms with E-state index in [1.165, 1.54) is 0 Å². The Balaban J connectivity index is 1.86. The highest BCUT2D eigenvalue weighted by Crippen LogP contribution is 2.20. The number of fused-ring (bicyclic) bond motifs is 1. The minimum Gasteiger partial charge on any atom is -0.331 e. The van der Waals surface area contributed by atoms with Crippen LogP contribution in [0, 0.1) is 12.8 Å². The molecular weight excluding hydrogens is 238 g/mol. The van der Waals surface area contributed by atoms with Crippen LogP contribution in [0.25, 0.3) is 11.0 Å². The van der Waals surface area contributed by atoms with Crippen LogP contribution in [0.15, 0.2) is 18.2 Å². The topological polar surface area (TPSA) is 46.9 Å². The number of nitrogens with one attached hydrogen (secondary N) is 1. The third-order valence-electron chi connectivity index (χ3n) is 4.06. The smallest absolute Gasteiger partial charge is 0.163 e. The zero-order valence-corrected chi connectivity index (χ0v) is 11.4. The number of benzene rings is 1. The van der Waals surface area contributed by atoms with E-state index in [2.05, 4.69) is 10.3 Å².